The van der Waals surface area contributed by atoms with E-state index in [4.69, 9.17) is 4.74 Å². The summed E-state index contributed by atoms with van der Waals surface area (Å²) in [6.45, 7) is -0.167. The van der Waals surface area contributed by atoms with Gasteiger partial charge in [-0.15, -0.1) is 0 Å². The zero-order valence-electron chi connectivity index (χ0n) is 17.3. The molecule has 0 radical (unpaired) electrons. The van der Waals surface area contributed by atoms with Crippen LogP contribution in [0.5, 0.6) is 5.75 Å². The summed E-state index contributed by atoms with van der Waals surface area (Å²) < 4.78 is 6.65. The van der Waals surface area contributed by atoms with Gasteiger partial charge in [0.25, 0.3) is 0 Å². The number of ether oxygens (including phenoxy) is 1. The van der Waals surface area contributed by atoms with Gasteiger partial charge in [0.2, 0.25) is 5.91 Å². The molecule has 4 aromatic rings. The highest BCUT2D eigenvalue weighted by molar-refractivity contribution is 5.95. The minimum Gasteiger partial charge on any atom is -0.495 e. The number of nitrogens with one attached hydrogen (secondary N) is 1. The van der Waals surface area contributed by atoms with Crippen LogP contribution in [0.4, 0.5) is 17.2 Å². The number of aromatic nitrogens is 2. The maximum Gasteiger partial charge on any atom is 0.350 e. The van der Waals surface area contributed by atoms with Gasteiger partial charge in [-0.2, -0.15) is 4.98 Å². The number of para-hydroxylation sites is 4. The number of nitrogens with zero attached hydrogens (tertiary/aromatic N) is 3. The average molecular weight is 414 g/mol. The normalized spacial score (nSPS) is 10.6. The summed E-state index contributed by atoms with van der Waals surface area (Å²) in [6, 6.07) is 24.2. The van der Waals surface area contributed by atoms with Crippen molar-refractivity contribution in [1.82, 2.24) is 9.55 Å². The molecule has 0 atom stereocenters. The lowest BCUT2D eigenvalue weighted by atomic mass is 10.2. The first-order valence-electron chi connectivity index (χ1n) is 9.79. The topological polar surface area (TPSA) is 76.5 Å². The summed E-state index contributed by atoms with van der Waals surface area (Å²) in [4.78, 5) is 31.8. The maximum absolute atomic E-state index is 12.9. The van der Waals surface area contributed by atoms with Crippen molar-refractivity contribution in [3.63, 3.8) is 0 Å². The van der Waals surface area contributed by atoms with Crippen LogP contribution < -0.4 is 20.6 Å². The number of anilines is 3. The molecule has 0 aliphatic heterocycles. The van der Waals surface area contributed by atoms with E-state index in [1.807, 2.05) is 72.6 Å². The fourth-order valence-corrected chi connectivity index (χ4v) is 3.48. The van der Waals surface area contributed by atoms with Crippen molar-refractivity contribution in [1.29, 1.82) is 0 Å². The predicted molar refractivity (Wildman–Crippen MR) is 122 cm³/mol. The number of amides is 1. The molecule has 0 aliphatic rings. The fourth-order valence-electron chi connectivity index (χ4n) is 3.48. The van der Waals surface area contributed by atoms with Crippen molar-refractivity contribution in [2.45, 2.75) is 6.54 Å². The molecular weight excluding hydrogens is 392 g/mol. The van der Waals surface area contributed by atoms with Gasteiger partial charge < -0.3 is 15.0 Å². The molecule has 0 bridgehead atoms. The van der Waals surface area contributed by atoms with E-state index in [1.165, 1.54) is 11.7 Å². The zero-order valence-corrected chi connectivity index (χ0v) is 17.3. The molecule has 0 fully saturated rings. The Bertz CT molecular complexity index is 1290. The first-order chi connectivity index (χ1) is 15.1. The predicted octanol–water partition coefficient (Wildman–Crippen LogP) is 3.81. The third-order valence-electron chi connectivity index (χ3n) is 5.01. The Labute approximate surface area is 179 Å². The van der Waals surface area contributed by atoms with Crippen molar-refractivity contribution in [3.05, 3.63) is 89.3 Å². The van der Waals surface area contributed by atoms with Crippen molar-refractivity contribution in [2.24, 2.45) is 0 Å². The van der Waals surface area contributed by atoms with E-state index < -0.39 is 5.69 Å². The van der Waals surface area contributed by atoms with E-state index >= 15 is 0 Å². The van der Waals surface area contributed by atoms with Crippen LogP contribution in [0, 0.1) is 0 Å². The fraction of sp³-hybridized carbons (Fsp3) is 0.125. The summed E-state index contributed by atoms with van der Waals surface area (Å²) >= 11 is 0. The lowest BCUT2D eigenvalue weighted by Gasteiger charge is -2.21. The Balaban J connectivity index is 1.70. The molecule has 4 rings (SSSR count). The Morgan fingerprint density at radius 2 is 1.68 bits per heavy atom. The lowest BCUT2D eigenvalue weighted by molar-refractivity contribution is -0.116. The van der Waals surface area contributed by atoms with E-state index in [0.717, 1.165) is 11.1 Å². The number of hydrogen-bond donors (Lipinski definition) is 1. The first-order valence-corrected chi connectivity index (χ1v) is 9.79. The van der Waals surface area contributed by atoms with E-state index in [1.54, 1.807) is 18.2 Å². The number of methoxy groups -OCH3 is 1. The number of carbonyl (C=O) groups is 1. The zero-order chi connectivity index (χ0) is 21.8. The van der Waals surface area contributed by atoms with Crippen LogP contribution in [-0.2, 0) is 11.3 Å². The van der Waals surface area contributed by atoms with Gasteiger partial charge in [-0.3, -0.25) is 9.36 Å². The number of hydrogen-bond acceptors (Lipinski definition) is 5. The number of benzene rings is 3. The van der Waals surface area contributed by atoms with Crippen molar-refractivity contribution in [3.8, 4) is 5.75 Å². The summed E-state index contributed by atoms with van der Waals surface area (Å²) in [7, 11) is 3.40. The molecule has 1 aromatic heterocycles. The van der Waals surface area contributed by atoms with Crippen LogP contribution in [0.2, 0.25) is 0 Å². The third-order valence-corrected chi connectivity index (χ3v) is 5.01. The van der Waals surface area contributed by atoms with Crippen molar-refractivity contribution < 1.29 is 9.53 Å². The second-order valence-electron chi connectivity index (χ2n) is 6.96. The molecule has 0 spiro atoms. The van der Waals surface area contributed by atoms with Gasteiger partial charge in [-0.05, 0) is 36.4 Å². The highest BCUT2D eigenvalue weighted by Gasteiger charge is 2.17. The largest absolute Gasteiger partial charge is 0.495 e. The van der Waals surface area contributed by atoms with E-state index in [2.05, 4.69) is 10.3 Å². The molecule has 31 heavy (non-hydrogen) atoms. The van der Waals surface area contributed by atoms with Gasteiger partial charge in [0.1, 0.15) is 18.1 Å². The molecule has 3 aromatic carbocycles. The molecule has 1 heterocycles. The van der Waals surface area contributed by atoms with E-state index in [9.17, 15) is 9.59 Å². The maximum atomic E-state index is 12.9. The van der Waals surface area contributed by atoms with Crippen molar-refractivity contribution in [2.75, 3.05) is 24.4 Å². The SMILES string of the molecule is COc1ccccc1NC(=O)Cn1c(=O)nc(N(C)c2ccccc2)c2ccccc21. The molecule has 0 saturated carbocycles. The minimum atomic E-state index is -0.494. The summed E-state index contributed by atoms with van der Waals surface area (Å²) in [5.41, 5.74) is 1.59. The minimum absolute atomic E-state index is 0.167. The molecule has 1 amide bonds. The van der Waals surface area contributed by atoms with Crippen molar-refractivity contribution >= 4 is 34.0 Å². The van der Waals surface area contributed by atoms with E-state index in [-0.39, 0.29) is 12.5 Å². The summed E-state index contributed by atoms with van der Waals surface area (Å²) in [6.07, 6.45) is 0. The Morgan fingerprint density at radius 1 is 1.00 bits per heavy atom. The van der Waals surface area contributed by atoms with Gasteiger partial charge in [-0.1, -0.05) is 42.5 Å². The van der Waals surface area contributed by atoms with Gasteiger partial charge in [0.05, 0.1) is 18.3 Å². The van der Waals surface area contributed by atoms with Gasteiger partial charge in [0.15, 0.2) is 0 Å². The van der Waals surface area contributed by atoms with Crippen LogP contribution in [0.1, 0.15) is 0 Å². The number of rotatable bonds is 6. The van der Waals surface area contributed by atoms with Crippen LogP contribution in [-0.4, -0.2) is 29.6 Å². The second-order valence-corrected chi connectivity index (χ2v) is 6.96. The van der Waals surface area contributed by atoms with Crippen LogP contribution >= 0.6 is 0 Å². The second kappa shape index (κ2) is 8.71. The highest BCUT2D eigenvalue weighted by Crippen LogP contribution is 2.28. The number of carbonyl (C=O) groups excluding carboxylic acids is 1. The molecule has 7 nitrogen and oxygen atoms in total. The Morgan fingerprint density at radius 3 is 2.45 bits per heavy atom. The first kappa shape index (κ1) is 20.2. The van der Waals surface area contributed by atoms with Crippen LogP contribution in [0.15, 0.2) is 83.7 Å². The van der Waals surface area contributed by atoms with Gasteiger partial charge in [-0.25, -0.2) is 4.79 Å². The Kier molecular flexibility index (Phi) is 5.66. The Hall–Kier alpha value is -4.13. The molecular formula is C24H22N4O3. The smallest absolute Gasteiger partial charge is 0.350 e. The van der Waals surface area contributed by atoms with Gasteiger partial charge >= 0.3 is 5.69 Å². The average Bonchev–Trinajstić information content (AvgIpc) is 2.81. The number of fused-ring (bicyclic) bond motifs is 1. The molecule has 156 valence electrons. The third kappa shape index (κ3) is 4.11. The standard InChI is InChI=1S/C24H22N4O3/c1-27(17-10-4-3-5-11-17)23-18-12-6-8-14-20(18)28(24(30)26-23)16-22(29)25-19-13-7-9-15-21(19)31-2/h3-15H,16H2,1-2H3,(H,25,29). The molecule has 0 aliphatic carbocycles. The summed E-state index contributed by atoms with van der Waals surface area (Å²) in [5, 5.41) is 3.58. The van der Waals surface area contributed by atoms with Crippen LogP contribution in [0.3, 0.4) is 0 Å². The van der Waals surface area contributed by atoms with Gasteiger partial charge in [0, 0.05) is 18.1 Å². The molecule has 7 heteroatoms. The quantitative estimate of drug-likeness (QED) is 0.519. The lowest BCUT2D eigenvalue weighted by Crippen LogP contribution is -2.31. The summed E-state index contributed by atoms with van der Waals surface area (Å²) in [5.74, 6) is 0.738. The monoisotopic (exact) mass is 414 g/mol. The molecule has 0 unspecified atom stereocenters. The molecule has 1 N–H and O–H groups in total. The molecule has 0 saturated heterocycles. The highest BCUT2D eigenvalue weighted by atomic mass is 16.5. The van der Waals surface area contributed by atoms with Crippen LogP contribution in [0.25, 0.3) is 10.9 Å². The van der Waals surface area contributed by atoms with E-state index in [0.29, 0.717) is 22.8 Å².